The molecule has 1 aliphatic rings. The second kappa shape index (κ2) is 10.4. The number of benzene rings is 1. The Morgan fingerprint density at radius 1 is 1.03 bits per heavy atom. The Bertz CT molecular complexity index is 890. The van der Waals surface area contributed by atoms with Crippen molar-refractivity contribution in [1.29, 1.82) is 0 Å². The first kappa shape index (κ1) is 22.0. The Balaban J connectivity index is 1.36. The molecule has 0 unspecified atom stereocenters. The van der Waals surface area contributed by atoms with Crippen LogP contribution in [0.1, 0.15) is 27.2 Å². The normalized spacial score (nSPS) is 14.4. The number of thiophene rings is 1. The maximum atomic E-state index is 12.4. The number of piperazine rings is 1. The van der Waals surface area contributed by atoms with Gasteiger partial charge in [-0.05, 0) is 42.5 Å². The SMILES string of the molecule is Cc1cccc(NC(=O)CN2CCN(C(=O)CCNC(=O)c3cccs3)CC2)c1C. The summed E-state index contributed by atoms with van der Waals surface area (Å²) in [5, 5.41) is 7.61. The second-order valence-electron chi connectivity index (χ2n) is 7.44. The standard InChI is InChI=1S/C22H28N4O3S/c1-16-5-3-6-18(17(16)2)24-20(27)15-25-10-12-26(13-11-25)21(28)8-9-23-22(29)19-7-4-14-30-19/h3-7,14H,8-13,15H2,1-2H3,(H,23,29)(H,24,27). The minimum atomic E-state index is -0.141. The lowest BCUT2D eigenvalue weighted by atomic mass is 10.1. The van der Waals surface area contributed by atoms with E-state index < -0.39 is 0 Å². The van der Waals surface area contributed by atoms with Crippen LogP contribution in [0.5, 0.6) is 0 Å². The lowest BCUT2D eigenvalue weighted by Gasteiger charge is -2.34. The van der Waals surface area contributed by atoms with E-state index in [1.54, 1.807) is 11.0 Å². The monoisotopic (exact) mass is 428 g/mol. The van der Waals surface area contributed by atoms with E-state index in [-0.39, 0.29) is 24.1 Å². The highest BCUT2D eigenvalue weighted by Crippen LogP contribution is 2.18. The van der Waals surface area contributed by atoms with E-state index in [9.17, 15) is 14.4 Å². The molecule has 0 radical (unpaired) electrons. The van der Waals surface area contributed by atoms with Gasteiger partial charge >= 0.3 is 0 Å². The van der Waals surface area contributed by atoms with E-state index in [0.29, 0.717) is 44.1 Å². The van der Waals surface area contributed by atoms with Gasteiger partial charge in [0.05, 0.1) is 11.4 Å². The number of aryl methyl sites for hydroxylation is 1. The van der Waals surface area contributed by atoms with Crippen LogP contribution in [0.4, 0.5) is 5.69 Å². The number of rotatable bonds is 7. The van der Waals surface area contributed by atoms with Crippen LogP contribution in [-0.2, 0) is 9.59 Å². The minimum Gasteiger partial charge on any atom is -0.351 e. The first-order chi connectivity index (χ1) is 14.4. The molecule has 0 atom stereocenters. The van der Waals surface area contributed by atoms with Crippen LogP contribution in [0.2, 0.25) is 0 Å². The Morgan fingerprint density at radius 2 is 1.80 bits per heavy atom. The smallest absolute Gasteiger partial charge is 0.261 e. The quantitative estimate of drug-likeness (QED) is 0.709. The molecule has 3 amide bonds. The zero-order valence-electron chi connectivity index (χ0n) is 17.4. The van der Waals surface area contributed by atoms with Crippen LogP contribution in [-0.4, -0.2) is 66.8 Å². The molecule has 2 aromatic rings. The second-order valence-corrected chi connectivity index (χ2v) is 8.38. The van der Waals surface area contributed by atoms with Gasteiger partial charge in [0.2, 0.25) is 11.8 Å². The number of carbonyl (C=O) groups excluding carboxylic acids is 3. The molecule has 0 spiro atoms. The van der Waals surface area contributed by atoms with Gasteiger partial charge in [0.15, 0.2) is 0 Å². The highest BCUT2D eigenvalue weighted by atomic mass is 32.1. The topological polar surface area (TPSA) is 81.8 Å². The van der Waals surface area contributed by atoms with Crippen molar-refractivity contribution >= 4 is 34.7 Å². The summed E-state index contributed by atoms with van der Waals surface area (Å²) in [4.78, 5) is 41.2. The van der Waals surface area contributed by atoms with Crippen LogP contribution >= 0.6 is 11.3 Å². The van der Waals surface area contributed by atoms with E-state index >= 15 is 0 Å². The summed E-state index contributed by atoms with van der Waals surface area (Å²) >= 11 is 1.38. The summed E-state index contributed by atoms with van der Waals surface area (Å²) in [6, 6.07) is 9.46. The van der Waals surface area contributed by atoms with E-state index in [4.69, 9.17) is 0 Å². The number of hydrogen-bond acceptors (Lipinski definition) is 5. The minimum absolute atomic E-state index is 0.0287. The summed E-state index contributed by atoms with van der Waals surface area (Å²) in [5.74, 6) is -0.154. The predicted molar refractivity (Wildman–Crippen MR) is 119 cm³/mol. The summed E-state index contributed by atoms with van der Waals surface area (Å²) < 4.78 is 0. The van der Waals surface area contributed by atoms with Gasteiger partial charge in [0.1, 0.15) is 0 Å². The highest BCUT2D eigenvalue weighted by molar-refractivity contribution is 7.12. The van der Waals surface area contributed by atoms with Crippen LogP contribution in [0.15, 0.2) is 35.7 Å². The third-order valence-corrected chi connectivity index (χ3v) is 6.21. The summed E-state index contributed by atoms with van der Waals surface area (Å²) in [6.45, 7) is 7.16. The summed E-state index contributed by atoms with van der Waals surface area (Å²) in [6.07, 6.45) is 0.282. The first-order valence-electron chi connectivity index (χ1n) is 10.1. The van der Waals surface area contributed by atoms with Gasteiger partial charge in [-0.2, -0.15) is 0 Å². The Hall–Kier alpha value is -2.71. The van der Waals surface area contributed by atoms with Crippen molar-refractivity contribution in [3.05, 3.63) is 51.7 Å². The number of nitrogens with one attached hydrogen (secondary N) is 2. The molecule has 1 fully saturated rings. The third-order valence-electron chi connectivity index (χ3n) is 5.34. The molecular formula is C22H28N4O3S. The predicted octanol–water partition coefficient (Wildman–Crippen LogP) is 2.27. The van der Waals surface area contributed by atoms with Gasteiger partial charge in [0.25, 0.3) is 5.91 Å². The molecule has 8 heteroatoms. The Kier molecular flexibility index (Phi) is 7.59. The zero-order chi connectivity index (χ0) is 21.5. The van der Waals surface area contributed by atoms with E-state index in [1.165, 1.54) is 11.3 Å². The van der Waals surface area contributed by atoms with Gasteiger partial charge in [-0.3, -0.25) is 19.3 Å². The highest BCUT2D eigenvalue weighted by Gasteiger charge is 2.22. The molecule has 0 aliphatic carbocycles. The van der Waals surface area contributed by atoms with E-state index in [1.807, 2.05) is 43.5 Å². The number of carbonyl (C=O) groups is 3. The van der Waals surface area contributed by atoms with Crippen molar-refractivity contribution in [1.82, 2.24) is 15.1 Å². The van der Waals surface area contributed by atoms with Crippen molar-refractivity contribution < 1.29 is 14.4 Å². The van der Waals surface area contributed by atoms with Gasteiger partial charge in [-0.25, -0.2) is 0 Å². The third kappa shape index (κ3) is 5.90. The van der Waals surface area contributed by atoms with Gasteiger partial charge in [0, 0.05) is 44.8 Å². The molecule has 1 aliphatic heterocycles. The average Bonchev–Trinajstić information content (AvgIpc) is 3.27. The molecular weight excluding hydrogens is 400 g/mol. The van der Waals surface area contributed by atoms with Crippen molar-refractivity contribution in [3.8, 4) is 0 Å². The summed E-state index contributed by atoms with van der Waals surface area (Å²) in [5.41, 5.74) is 3.07. The van der Waals surface area contributed by atoms with Gasteiger partial charge in [-0.15, -0.1) is 11.3 Å². The maximum Gasteiger partial charge on any atom is 0.261 e. The molecule has 2 heterocycles. The molecule has 30 heavy (non-hydrogen) atoms. The fourth-order valence-electron chi connectivity index (χ4n) is 3.37. The Labute approximate surface area is 181 Å². The average molecular weight is 429 g/mol. The fraction of sp³-hybridized carbons (Fsp3) is 0.409. The molecule has 3 rings (SSSR count). The maximum absolute atomic E-state index is 12.4. The van der Waals surface area contributed by atoms with Crippen molar-refractivity contribution in [2.75, 3.05) is 44.6 Å². The molecule has 1 aromatic carbocycles. The van der Waals surface area contributed by atoms with Crippen LogP contribution in [0, 0.1) is 13.8 Å². The summed E-state index contributed by atoms with van der Waals surface area (Å²) in [7, 11) is 0. The van der Waals surface area contributed by atoms with Gasteiger partial charge in [-0.1, -0.05) is 18.2 Å². The Morgan fingerprint density at radius 3 is 2.50 bits per heavy atom. The molecule has 160 valence electrons. The van der Waals surface area contributed by atoms with E-state index in [2.05, 4.69) is 15.5 Å². The molecule has 0 saturated carbocycles. The zero-order valence-corrected chi connectivity index (χ0v) is 18.3. The molecule has 0 bridgehead atoms. The number of anilines is 1. The first-order valence-corrected chi connectivity index (χ1v) is 11.0. The van der Waals surface area contributed by atoms with Crippen LogP contribution in [0.3, 0.4) is 0 Å². The molecule has 2 N–H and O–H groups in total. The van der Waals surface area contributed by atoms with Crippen molar-refractivity contribution in [2.24, 2.45) is 0 Å². The fourth-order valence-corrected chi connectivity index (χ4v) is 4.01. The molecule has 1 saturated heterocycles. The molecule has 7 nitrogen and oxygen atoms in total. The lowest BCUT2D eigenvalue weighted by molar-refractivity contribution is -0.132. The molecule has 1 aromatic heterocycles. The largest absolute Gasteiger partial charge is 0.351 e. The van der Waals surface area contributed by atoms with Crippen LogP contribution < -0.4 is 10.6 Å². The number of hydrogen-bond donors (Lipinski definition) is 2. The van der Waals surface area contributed by atoms with Crippen molar-refractivity contribution in [3.63, 3.8) is 0 Å². The van der Waals surface area contributed by atoms with Crippen LogP contribution in [0.25, 0.3) is 0 Å². The van der Waals surface area contributed by atoms with Crippen molar-refractivity contribution in [2.45, 2.75) is 20.3 Å². The van der Waals surface area contributed by atoms with Gasteiger partial charge < -0.3 is 15.5 Å². The van der Waals surface area contributed by atoms with E-state index in [0.717, 1.165) is 16.8 Å². The lowest BCUT2D eigenvalue weighted by Crippen LogP contribution is -2.50. The number of nitrogens with zero attached hydrogens (tertiary/aromatic N) is 2. The number of amides is 3.